The summed E-state index contributed by atoms with van der Waals surface area (Å²) in [5, 5.41) is 3.96. The van der Waals surface area contributed by atoms with E-state index in [1.807, 2.05) is 18.7 Å². The number of carbonyl (C=O) groups is 1. The van der Waals surface area contributed by atoms with Gasteiger partial charge in [0.1, 0.15) is 17.4 Å². The Morgan fingerprint density at radius 3 is 2.79 bits per heavy atom. The van der Waals surface area contributed by atoms with E-state index in [9.17, 15) is 13.6 Å². The number of aryl methyl sites for hydroxylation is 2. The van der Waals surface area contributed by atoms with Gasteiger partial charge >= 0.3 is 0 Å². The van der Waals surface area contributed by atoms with E-state index in [0.717, 1.165) is 29.2 Å². The third-order valence-electron chi connectivity index (χ3n) is 5.86. The number of ether oxygens (including phenoxy) is 1. The topological polar surface area (TPSA) is 58.8 Å². The highest BCUT2D eigenvalue weighted by Gasteiger charge is 2.45. The zero-order valence-corrected chi connectivity index (χ0v) is 16.7. The van der Waals surface area contributed by atoms with Gasteiger partial charge in [-0.1, -0.05) is 5.16 Å². The molecule has 1 atom stereocenters. The van der Waals surface area contributed by atoms with Gasteiger partial charge in [-0.05, 0) is 32.0 Å². The fourth-order valence-electron chi connectivity index (χ4n) is 4.37. The van der Waals surface area contributed by atoms with Crippen LogP contribution >= 0.6 is 0 Å². The first-order valence-corrected chi connectivity index (χ1v) is 9.79. The molecule has 1 amide bonds. The number of benzene rings is 1. The summed E-state index contributed by atoms with van der Waals surface area (Å²) in [6.45, 7) is 7.17. The summed E-state index contributed by atoms with van der Waals surface area (Å²) >= 11 is 0. The van der Waals surface area contributed by atoms with Gasteiger partial charge in [0.05, 0.1) is 25.5 Å². The molecule has 0 aliphatic carbocycles. The number of aromatic nitrogens is 1. The molecule has 1 spiro atoms. The molecule has 1 aromatic heterocycles. The summed E-state index contributed by atoms with van der Waals surface area (Å²) in [5.41, 5.74) is 1.68. The first kappa shape index (κ1) is 20.0. The number of nitrogens with zero attached hydrogens (tertiary/aromatic N) is 3. The molecule has 29 heavy (non-hydrogen) atoms. The zero-order valence-electron chi connectivity index (χ0n) is 16.7. The van der Waals surface area contributed by atoms with Gasteiger partial charge in [-0.25, -0.2) is 8.78 Å². The normalized spacial score (nSPS) is 23.2. The second-order valence-electron chi connectivity index (χ2n) is 8.23. The minimum absolute atomic E-state index is 0.0624. The summed E-state index contributed by atoms with van der Waals surface area (Å²) < 4.78 is 38.7. The van der Waals surface area contributed by atoms with Crippen molar-refractivity contribution in [1.82, 2.24) is 15.0 Å². The fraction of sp³-hybridized carbons (Fsp3) is 0.524. The Bertz CT molecular complexity index is 897. The predicted octanol–water partition coefficient (Wildman–Crippen LogP) is 2.82. The van der Waals surface area contributed by atoms with E-state index in [1.165, 1.54) is 6.07 Å². The van der Waals surface area contributed by atoms with Crippen LogP contribution in [0.1, 0.15) is 29.0 Å². The quantitative estimate of drug-likeness (QED) is 0.783. The van der Waals surface area contributed by atoms with Crippen molar-refractivity contribution in [2.45, 2.75) is 33.4 Å². The summed E-state index contributed by atoms with van der Waals surface area (Å²) in [6, 6.07) is 3.50. The smallest absolute Gasteiger partial charge is 0.223 e. The van der Waals surface area contributed by atoms with E-state index in [0.29, 0.717) is 51.4 Å². The number of hydrogen-bond acceptors (Lipinski definition) is 5. The molecular weight excluding hydrogens is 380 g/mol. The number of rotatable bonds is 4. The highest BCUT2D eigenvalue weighted by Crippen LogP contribution is 2.36. The third kappa shape index (κ3) is 4.18. The molecule has 0 unspecified atom stereocenters. The maximum absolute atomic E-state index is 14.1. The van der Waals surface area contributed by atoms with Gasteiger partial charge in [0.2, 0.25) is 5.91 Å². The van der Waals surface area contributed by atoms with Crippen LogP contribution < -0.4 is 0 Å². The lowest BCUT2D eigenvalue weighted by Crippen LogP contribution is -2.40. The third-order valence-corrected chi connectivity index (χ3v) is 5.86. The van der Waals surface area contributed by atoms with Crippen LogP contribution in [0.3, 0.4) is 0 Å². The number of likely N-dealkylation sites (tertiary alicyclic amines) is 1. The van der Waals surface area contributed by atoms with Crippen molar-refractivity contribution in [3.05, 3.63) is 52.4 Å². The van der Waals surface area contributed by atoms with Crippen molar-refractivity contribution in [2.24, 2.45) is 5.41 Å². The van der Waals surface area contributed by atoms with Crippen molar-refractivity contribution >= 4 is 5.91 Å². The van der Waals surface area contributed by atoms with Crippen LogP contribution in [-0.2, 0) is 22.6 Å². The number of hydrogen-bond donors (Lipinski definition) is 0. The van der Waals surface area contributed by atoms with Crippen molar-refractivity contribution in [3.63, 3.8) is 0 Å². The van der Waals surface area contributed by atoms with E-state index >= 15 is 0 Å². The van der Waals surface area contributed by atoms with E-state index in [-0.39, 0.29) is 17.9 Å². The SMILES string of the molecule is Cc1noc(C)c1CN1C[C@@]2(COCCN(Cc3cc(F)ccc3F)C2)CC1=O. The zero-order chi connectivity index (χ0) is 20.6. The Morgan fingerprint density at radius 1 is 1.21 bits per heavy atom. The van der Waals surface area contributed by atoms with Gasteiger partial charge in [-0.15, -0.1) is 0 Å². The number of carbonyl (C=O) groups excluding carboxylic acids is 1. The fourth-order valence-corrected chi connectivity index (χ4v) is 4.37. The van der Waals surface area contributed by atoms with Gasteiger partial charge in [-0.2, -0.15) is 0 Å². The molecule has 6 nitrogen and oxygen atoms in total. The maximum Gasteiger partial charge on any atom is 0.223 e. The molecule has 2 aliphatic rings. The van der Waals surface area contributed by atoms with E-state index < -0.39 is 11.6 Å². The molecule has 2 fully saturated rings. The Morgan fingerprint density at radius 2 is 2.03 bits per heavy atom. The molecule has 0 radical (unpaired) electrons. The van der Waals surface area contributed by atoms with Gasteiger partial charge in [0.25, 0.3) is 0 Å². The summed E-state index contributed by atoms with van der Waals surface area (Å²) in [6.07, 6.45) is 0.374. The Hall–Kier alpha value is -2.32. The molecular formula is C21H25F2N3O3. The van der Waals surface area contributed by atoms with Crippen LogP contribution in [0.4, 0.5) is 8.78 Å². The summed E-state index contributed by atoms with van der Waals surface area (Å²) in [7, 11) is 0. The van der Waals surface area contributed by atoms with Crippen LogP contribution in [0, 0.1) is 30.9 Å². The maximum atomic E-state index is 14.1. The van der Waals surface area contributed by atoms with Crippen LogP contribution in [0.25, 0.3) is 0 Å². The van der Waals surface area contributed by atoms with Crippen LogP contribution in [-0.4, -0.2) is 53.7 Å². The molecule has 3 heterocycles. The monoisotopic (exact) mass is 405 g/mol. The van der Waals surface area contributed by atoms with Crippen molar-refractivity contribution in [1.29, 1.82) is 0 Å². The van der Waals surface area contributed by atoms with Gasteiger partial charge in [-0.3, -0.25) is 9.69 Å². The van der Waals surface area contributed by atoms with Crippen molar-refractivity contribution in [2.75, 3.05) is 32.8 Å². The lowest BCUT2D eigenvalue weighted by molar-refractivity contribution is -0.128. The summed E-state index contributed by atoms with van der Waals surface area (Å²) in [5.74, 6) is -0.0963. The van der Waals surface area contributed by atoms with Crippen LogP contribution in [0.2, 0.25) is 0 Å². The van der Waals surface area contributed by atoms with Gasteiger partial charge < -0.3 is 14.2 Å². The summed E-state index contributed by atoms with van der Waals surface area (Å²) in [4.78, 5) is 16.6. The molecule has 0 saturated carbocycles. The van der Waals surface area contributed by atoms with Gasteiger partial charge in [0, 0.05) is 49.1 Å². The molecule has 156 valence electrons. The molecule has 2 aliphatic heterocycles. The number of amides is 1. The first-order chi connectivity index (χ1) is 13.8. The van der Waals surface area contributed by atoms with E-state index in [2.05, 4.69) is 10.1 Å². The standard InChI is InChI=1S/C21H25F2N3O3/c1-14-18(15(2)29-24-14)10-26-12-21(8-20(26)27)11-25(5-6-28-13-21)9-16-7-17(22)3-4-19(16)23/h3-4,7H,5-6,8-13H2,1-2H3/t21-/m1/s1. The van der Waals surface area contributed by atoms with Crippen molar-refractivity contribution < 1.29 is 22.8 Å². The highest BCUT2D eigenvalue weighted by atomic mass is 19.1. The molecule has 2 aromatic rings. The second kappa shape index (κ2) is 7.84. The van der Waals surface area contributed by atoms with Crippen LogP contribution in [0.15, 0.2) is 22.7 Å². The van der Waals surface area contributed by atoms with E-state index in [1.54, 1.807) is 0 Å². The first-order valence-electron chi connectivity index (χ1n) is 9.79. The Balaban J connectivity index is 1.49. The largest absolute Gasteiger partial charge is 0.379 e. The van der Waals surface area contributed by atoms with Crippen molar-refractivity contribution in [3.8, 4) is 0 Å². The Kier molecular flexibility index (Phi) is 5.40. The number of halogens is 2. The molecule has 4 rings (SSSR count). The Labute approximate surface area is 168 Å². The minimum Gasteiger partial charge on any atom is -0.379 e. The molecule has 2 saturated heterocycles. The average molecular weight is 405 g/mol. The average Bonchev–Trinajstić information content (AvgIpc) is 3.06. The van der Waals surface area contributed by atoms with E-state index in [4.69, 9.17) is 9.26 Å². The van der Waals surface area contributed by atoms with Gasteiger partial charge in [0.15, 0.2) is 0 Å². The van der Waals surface area contributed by atoms with Crippen LogP contribution in [0.5, 0.6) is 0 Å². The lowest BCUT2D eigenvalue weighted by atomic mass is 9.87. The molecule has 0 N–H and O–H groups in total. The predicted molar refractivity (Wildman–Crippen MR) is 101 cm³/mol. The molecule has 1 aromatic carbocycles. The molecule has 0 bridgehead atoms. The minimum atomic E-state index is -0.455. The highest BCUT2D eigenvalue weighted by molar-refractivity contribution is 5.79. The lowest BCUT2D eigenvalue weighted by Gasteiger charge is -2.31. The second-order valence-corrected chi connectivity index (χ2v) is 8.23. The molecule has 8 heteroatoms.